The van der Waals surface area contributed by atoms with E-state index in [1.54, 1.807) is 6.07 Å². The largest absolute Gasteiger partial charge is 0.488 e. The van der Waals surface area contributed by atoms with Crippen molar-refractivity contribution < 1.29 is 23.9 Å². The molecule has 8 heteroatoms. The van der Waals surface area contributed by atoms with Gasteiger partial charge in [-0.1, -0.05) is 31.4 Å². The fourth-order valence-electron chi connectivity index (χ4n) is 3.63. The average molecular weight is 414 g/mol. The van der Waals surface area contributed by atoms with Crippen molar-refractivity contribution in [2.45, 2.75) is 44.8 Å². The van der Waals surface area contributed by atoms with Crippen LogP contribution in [-0.2, 0) is 16.1 Å². The van der Waals surface area contributed by atoms with E-state index in [0.717, 1.165) is 47.4 Å². The maximum atomic E-state index is 12.3. The van der Waals surface area contributed by atoms with Crippen LogP contribution in [0.1, 0.15) is 47.3 Å². The second-order valence-corrected chi connectivity index (χ2v) is 8.23. The van der Waals surface area contributed by atoms with E-state index in [1.807, 2.05) is 24.3 Å². The zero-order valence-corrected chi connectivity index (χ0v) is 16.7. The molecule has 152 valence electrons. The van der Waals surface area contributed by atoms with Crippen LogP contribution in [0.2, 0.25) is 0 Å². The number of imide groups is 1. The first kappa shape index (κ1) is 19.4. The van der Waals surface area contributed by atoms with Gasteiger partial charge >= 0.3 is 12.0 Å². The molecule has 2 heterocycles. The monoisotopic (exact) mass is 414 g/mol. The molecule has 1 aliphatic heterocycles. The number of rotatable bonds is 4. The molecule has 0 radical (unpaired) electrons. The molecule has 29 heavy (non-hydrogen) atoms. The van der Waals surface area contributed by atoms with Crippen molar-refractivity contribution in [1.82, 2.24) is 10.6 Å². The van der Waals surface area contributed by atoms with E-state index in [2.05, 4.69) is 10.6 Å². The number of nitrogens with one attached hydrogen (secondary N) is 2. The molecular formula is C21H22N2O5S. The molecule has 3 amide bonds. The Kier molecular flexibility index (Phi) is 5.80. The van der Waals surface area contributed by atoms with Crippen LogP contribution < -0.4 is 15.4 Å². The molecule has 1 aromatic heterocycles. The van der Waals surface area contributed by atoms with Crippen LogP contribution in [0, 0.1) is 0 Å². The molecule has 0 atom stereocenters. The molecule has 2 aliphatic rings. The minimum absolute atomic E-state index is 0.0987. The van der Waals surface area contributed by atoms with Crippen molar-refractivity contribution in [3.63, 3.8) is 0 Å². The normalized spacial score (nSPS) is 15.4. The summed E-state index contributed by atoms with van der Waals surface area (Å²) in [5, 5.41) is 5.00. The molecule has 1 aliphatic carbocycles. The third kappa shape index (κ3) is 4.59. The van der Waals surface area contributed by atoms with Crippen molar-refractivity contribution in [2.75, 3.05) is 6.61 Å². The van der Waals surface area contributed by atoms with E-state index < -0.39 is 24.5 Å². The van der Waals surface area contributed by atoms with Crippen LogP contribution in [-0.4, -0.2) is 30.6 Å². The van der Waals surface area contributed by atoms with E-state index in [-0.39, 0.29) is 6.04 Å². The summed E-state index contributed by atoms with van der Waals surface area (Å²) in [5.74, 6) is -0.462. The molecule has 0 saturated heterocycles. The van der Waals surface area contributed by atoms with Crippen LogP contribution in [0.5, 0.6) is 5.75 Å². The Morgan fingerprint density at radius 1 is 1.14 bits per heavy atom. The first-order chi connectivity index (χ1) is 14.1. The minimum atomic E-state index is -0.651. The average Bonchev–Trinajstić information content (AvgIpc) is 3.17. The van der Waals surface area contributed by atoms with Gasteiger partial charge in [-0.25, -0.2) is 9.59 Å². The number of carbonyl (C=O) groups excluding carboxylic acids is 3. The van der Waals surface area contributed by atoms with Gasteiger partial charge in [-0.3, -0.25) is 10.1 Å². The fourth-order valence-corrected chi connectivity index (χ4v) is 4.72. The lowest BCUT2D eigenvalue weighted by atomic mass is 9.96. The third-order valence-electron chi connectivity index (χ3n) is 5.05. The number of hydrogen-bond acceptors (Lipinski definition) is 6. The molecule has 0 bridgehead atoms. The Bertz CT molecular complexity index is 933. The Morgan fingerprint density at radius 2 is 1.93 bits per heavy atom. The van der Waals surface area contributed by atoms with Gasteiger partial charge in [0.15, 0.2) is 6.61 Å². The summed E-state index contributed by atoms with van der Waals surface area (Å²) in [4.78, 5) is 37.5. The number of hydrogen-bond donors (Lipinski definition) is 2. The molecule has 2 N–H and O–H groups in total. The van der Waals surface area contributed by atoms with E-state index in [1.165, 1.54) is 17.8 Å². The highest BCUT2D eigenvalue weighted by Crippen LogP contribution is 2.42. The molecule has 1 fully saturated rings. The van der Waals surface area contributed by atoms with Gasteiger partial charge in [0.25, 0.3) is 5.91 Å². The smallest absolute Gasteiger partial charge is 0.348 e. The Hall–Kier alpha value is -2.87. The predicted molar refractivity (Wildman–Crippen MR) is 108 cm³/mol. The number of fused-ring (bicyclic) bond motifs is 3. The lowest BCUT2D eigenvalue weighted by molar-refractivity contribution is -0.123. The lowest BCUT2D eigenvalue weighted by Gasteiger charge is -2.22. The third-order valence-corrected chi connectivity index (χ3v) is 6.24. The molecular weight excluding hydrogens is 392 g/mol. The fraction of sp³-hybridized carbons (Fsp3) is 0.381. The number of urea groups is 1. The molecule has 4 rings (SSSR count). The zero-order valence-electron chi connectivity index (χ0n) is 15.9. The van der Waals surface area contributed by atoms with Crippen molar-refractivity contribution in [2.24, 2.45) is 0 Å². The molecule has 1 aromatic carbocycles. The topological polar surface area (TPSA) is 93.7 Å². The maximum Gasteiger partial charge on any atom is 0.348 e. The Balaban J connectivity index is 1.30. The van der Waals surface area contributed by atoms with Crippen LogP contribution in [0.3, 0.4) is 0 Å². The van der Waals surface area contributed by atoms with Crippen molar-refractivity contribution >= 4 is 29.2 Å². The van der Waals surface area contributed by atoms with E-state index in [0.29, 0.717) is 11.5 Å². The maximum absolute atomic E-state index is 12.3. The number of benzene rings is 1. The zero-order chi connectivity index (χ0) is 20.2. The standard InChI is InChI=1S/C21H22N2O5S/c24-18(23-21(26)22-14-6-2-1-3-7-14)12-28-20(25)17-10-13-11-27-16-9-5-4-8-15(16)19(13)29-17/h4-5,8-10,14H,1-3,6-7,11-12H2,(H2,22,23,24,26). The SMILES string of the molecule is O=C(COC(=O)c1cc2c(s1)-c1ccccc1OC2)NC(=O)NC1CCCCC1. The number of carbonyl (C=O) groups is 3. The van der Waals surface area contributed by atoms with Crippen molar-refractivity contribution in [3.05, 3.63) is 40.8 Å². The number of esters is 1. The summed E-state index contributed by atoms with van der Waals surface area (Å²) < 4.78 is 10.8. The summed E-state index contributed by atoms with van der Waals surface area (Å²) in [6, 6.07) is 8.93. The van der Waals surface area contributed by atoms with Gasteiger partial charge < -0.3 is 14.8 Å². The molecule has 0 spiro atoms. The van der Waals surface area contributed by atoms with Crippen molar-refractivity contribution in [3.8, 4) is 16.2 Å². The lowest BCUT2D eigenvalue weighted by Crippen LogP contribution is -2.46. The molecule has 2 aromatic rings. The number of para-hydroxylation sites is 1. The van der Waals surface area contributed by atoms with Gasteiger partial charge in [-0.2, -0.15) is 0 Å². The molecule has 7 nitrogen and oxygen atoms in total. The van der Waals surface area contributed by atoms with Gasteiger partial charge in [0, 0.05) is 22.0 Å². The van der Waals surface area contributed by atoms with Crippen LogP contribution in [0.15, 0.2) is 30.3 Å². The minimum Gasteiger partial charge on any atom is -0.488 e. The first-order valence-corrected chi connectivity index (χ1v) is 10.5. The van der Waals surface area contributed by atoms with Crippen LogP contribution in [0.25, 0.3) is 10.4 Å². The van der Waals surface area contributed by atoms with Gasteiger partial charge in [0.2, 0.25) is 0 Å². The van der Waals surface area contributed by atoms with Gasteiger partial charge in [-0.15, -0.1) is 11.3 Å². The Morgan fingerprint density at radius 3 is 2.76 bits per heavy atom. The second-order valence-electron chi connectivity index (χ2n) is 7.18. The number of thiophene rings is 1. The van der Waals surface area contributed by atoms with Gasteiger partial charge in [0.1, 0.15) is 17.2 Å². The van der Waals surface area contributed by atoms with Gasteiger partial charge in [-0.05, 0) is 31.0 Å². The second kappa shape index (κ2) is 8.65. The molecule has 1 saturated carbocycles. The van der Waals surface area contributed by atoms with E-state index in [9.17, 15) is 14.4 Å². The van der Waals surface area contributed by atoms with E-state index >= 15 is 0 Å². The summed E-state index contributed by atoms with van der Waals surface area (Å²) in [5.41, 5.74) is 1.85. The van der Waals surface area contributed by atoms with Gasteiger partial charge in [0.05, 0.1) is 0 Å². The van der Waals surface area contributed by atoms with Crippen molar-refractivity contribution in [1.29, 1.82) is 0 Å². The summed E-state index contributed by atoms with van der Waals surface area (Å²) >= 11 is 1.31. The summed E-state index contributed by atoms with van der Waals surface area (Å²) in [6.07, 6.45) is 5.19. The Labute approximate surface area is 172 Å². The highest BCUT2D eigenvalue weighted by Gasteiger charge is 2.24. The molecule has 0 unspecified atom stereocenters. The summed E-state index contributed by atoms with van der Waals surface area (Å²) in [6.45, 7) is -0.121. The first-order valence-electron chi connectivity index (χ1n) is 9.72. The summed E-state index contributed by atoms with van der Waals surface area (Å²) in [7, 11) is 0. The van der Waals surface area contributed by atoms with E-state index in [4.69, 9.17) is 9.47 Å². The number of ether oxygens (including phenoxy) is 2. The van der Waals surface area contributed by atoms with Crippen LogP contribution in [0.4, 0.5) is 4.79 Å². The number of amides is 3. The highest BCUT2D eigenvalue weighted by molar-refractivity contribution is 7.17. The highest BCUT2D eigenvalue weighted by atomic mass is 32.1. The predicted octanol–water partition coefficient (Wildman–Crippen LogP) is 3.62. The quantitative estimate of drug-likeness (QED) is 0.746. The van der Waals surface area contributed by atoms with Crippen LogP contribution >= 0.6 is 11.3 Å².